The first-order valence-corrected chi connectivity index (χ1v) is 11.4. The van der Waals surface area contributed by atoms with E-state index in [1.54, 1.807) is 30.3 Å². The fraction of sp³-hybridized carbons (Fsp3) is 0.412. The number of sulfone groups is 1. The molecule has 9 heteroatoms. The molecule has 2 heterocycles. The van der Waals surface area contributed by atoms with Gasteiger partial charge in [0.2, 0.25) is 10.0 Å². The number of benzene rings is 1. The molecule has 2 aromatic rings. The van der Waals surface area contributed by atoms with E-state index in [1.165, 1.54) is 23.7 Å². The fourth-order valence-electron chi connectivity index (χ4n) is 3.11. The zero-order valence-electron chi connectivity index (χ0n) is 14.4. The average Bonchev–Trinajstić information content (AvgIpc) is 3.14. The van der Waals surface area contributed by atoms with Crippen LogP contribution in [0, 0.1) is 0 Å². The van der Waals surface area contributed by atoms with Crippen LogP contribution in [0.2, 0.25) is 0 Å². The first kappa shape index (κ1) is 18.9. The number of sulfonamides is 1. The second-order valence-electron chi connectivity index (χ2n) is 6.14. The molecular weight excluding hydrogens is 378 g/mol. The highest BCUT2D eigenvalue weighted by atomic mass is 32.2. The van der Waals surface area contributed by atoms with Crippen molar-refractivity contribution < 1.29 is 26.0 Å². The van der Waals surface area contributed by atoms with Gasteiger partial charge in [-0.05, 0) is 37.1 Å². The fourth-order valence-corrected chi connectivity index (χ4v) is 6.46. The molecule has 0 atom stereocenters. The summed E-state index contributed by atoms with van der Waals surface area (Å²) in [5.41, 5.74) is 0. The Labute approximate surface area is 153 Å². The summed E-state index contributed by atoms with van der Waals surface area (Å²) >= 11 is 0. The summed E-state index contributed by atoms with van der Waals surface area (Å²) in [6.45, 7) is 0.310. The van der Waals surface area contributed by atoms with E-state index in [0.717, 1.165) is 0 Å². The molecule has 0 bridgehead atoms. The van der Waals surface area contributed by atoms with Crippen LogP contribution < -0.4 is 4.74 Å². The molecule has 1 aliphatic heterocycles. The maximum Gasteiger partial charge on any atom is 0.246 e. The van der Waals surface area contributed by atoms with Crippen molar-refractivity contribution in [1.82, 2.24) is 4.31 Å². The molecule has 0 radical (unpaired) electrons. The monoisotopic (exact) mass is 399 g/mol. The van der Waals surface area contributed by atoms with Crippen LogP contribution in [0.3, 0.4) is 0 Å². The molecule has 26 heavy (non-hydrogen) atoms. The molecule has 1 aliphatic rings. The summed E-state index contributed by atoms with van der Waals surface area (Å²) in [7, 11) is -5.70. The van der Waals surface area contributed by atoms with Crippen molar-refractivity contribution in [2.45, 2.75) is 28.7 Å². The van der Waals surface area contributed by atoms with E-state index in [0.29, 0.717) is 5.76 Å². The predicted octanol–water partition coefficient (Wildman–Crippen LogP) is 2.06. The third-order valence-electron chi connectivity index (χ3n) is 4.52. The van der Waals surface area contributed by atoms with Gasteiger partial charge in [0.1, 0.15) is 22.2 Å². The summed E-state index contributed by atoms with van der Waals surface area (Å²) in [5.74, 6) is 0.512. The Hall–Kier alpha value is -1.84. The van der Waals surface area contributed by atoms with Gasteiger partial charge < -0.3 is 9.15 Å². The van der Waals surface area contributed by atoms with Crippen molar-refractivity contribution in [3.05, 3.63) is 48.4 Å². The van der Waals surface area contributed by atoms with Crippen LogP contribution in [0.15, 0.2) is 52.0 Å². The van der Waals surface area contributed by atoms with Gasteiger partial charge in [0.05, 0.1) is 18.6 Å². The minimum atomic E-state index is -3.73. The Morgan fingerprint density at radius 1 is 1.08 bits per heavy atom. The van der Waals surface area contributed by atoms with E-state index >= 15 is 0 Å². The van der Waals surface area contributed by atoms with Crippen LogP contribution in [0.1, 0.15) is 18.6 Å². The highest BCUT2D eigenvalue weighted by molar-refractivity contribution is 7.91. The van der Waals surface area contributed by atoms with Crippen LogP contribution in [0.25, 0.3) is 0 Å². The largest absolute Gasteiger partial charge is 0.495 e. The molecule has 1 fully saturated rings. The summed E-state index contributed by atoms with van der Waals surface area (Å²) < 4.78 is 62.4. The second kappa shape index (κ2) is 7.42. The summed E-state index contributed by atoms with van der Waals surface area (Å²) in [6, 6.07) is 9.69. The number of methoxy groups -OCH3 is 1. The van der Waals surface area contributed by atoms with Gasteiger partial charge in [-0.2, -0.15) is 4.31 Å². The number of ether oxygens (including phenoxy) is 1. The van der Waals surface area contributed by atoms with Crippen molar-refractivity contribution in [1.29, 1.82) is 0 Å². The van der Waals surface area contributed by atoms with E-state index in [1.807, 2.05) is 0 Å². The van der Waals surface area contributed by atoms with E-state index < -0.39 is 25.1 Å². The lowest BCUT2D eigenvalue weighted by Crippen LogP contribution is -2.42. The van der Waals surface area contributed by atoms with Crippen molar-refractivity contribution in [3.63, 3.8) is 0 Å². The third-order valence-corrected chi connectivity index (χ3v) is 8.63. The Morgan fingerprint density at radius 2 is 1.77 bits per heavy atom. The SMILES string of the molecule is COc1ccccc1S(=O)(=O)N1CCC(S(=O)(=O)Cc2ccco2)CC1. The van der Waals surface area contributed by atoms with Crippen LogP contribution in [0.4, 0.5) is 0 Å². The van der Waals surface area contributed by atoms with Crippen LogP contribution >= 0.6 is 0 Å². The number of nitrogens with zero attached hydrogens (tertiary/aromatic N) is 1. The third kappa shape index (κ3) is 3.79. The highest BCUT2D eigenvalue weighted by Gasteiger charge is 2.36. The molecule has 1 aromatic heterocycles. The van der Waals surface area contributed by atoms with Crippen LogP contribution in [-0.2, 0) is 25.6 Å². The Kier molecular flexibility index (Phi) is 5.40. The number of hydrogen-bond donors (Lipinski definition) is 0. The van der Waals surface area contributed by atoms with Gasteiger partial charge in [0, 0.05) is 13.1 Å². The summed E-state index contributed by atoms with van der Waals surface area (Å²) in [6.07, 6.45) is 1.96. The molecule has 0 amide bonds. The van der Waals surface area contributed by atoms with E-state index in [2.05, 4.69) is 0 Å². The molecule has 0 aliphatic carbocycles. The van der Waals surface area contributed by atoms with Crippen molar-refractivity contribution in [3.8, 4) is 5.75 Å². The van der Waals surface area contributed by atoms with Gasteiger partial charge >= 0.3 is 0 Å². The molecule has 0 saturated carbocycles. The lowest BCUT2D eigenvalue weighted by molar-refractivity contribution is 0.341. The van der Waals surface area contributed by atoms with Crippen molar-refractivity contribution >= 4 is 19.9 Å². The zero-order chi connectivity index (χ0) is 18.8. The Morgan fingerprint density at radius 3 is 2.38 bits per heavy atom. The maximum atomic E-state index is 12.9. The zero-order valence-corrected chi connectivity index (χ0v) is 16.0. The summed E-state index contributed by atoms with van der Waals surface area (Å²) in [5, 5.41) is -0.572. The van der Waals surface area contributed by atoms with Crippen molar-refractivity contribution in [2.75, 3.05) is 20.2 Å². The van der Waals surface area contributed by atoms with Crippen LogP contribution in [-0.4, -0.2) is 46.6 Å². The second-order valence-corrected chi connectivity index (χ2v) is 10.3. The van der Waals surface area contributed by atoms with Crippen LogP contribution in [0.5, 0.6) is 5.75 Å². The molecule has 0 spiro atoms. The minimum Gasteiger partial charge on any atom is -0.495 e. The molecule has 7 nitrogen and oxygen atoms in total. The van der Waals surface area contributed by atoms with E-state index in [9.17, 15) is 16.8 Å². The maximum absolute atomic E-state index is 12.9. The number of para-hydroxylation sites is 1. The minimum absolute atomic E-state index is 0.0967. The van der Waals surface area contributed by atoms with Gasteiger partial charge in [-0.1, -0.05) is 12.1 Å². The molecule has 142 valence electrons. The van der Waals surface area contributed by atoms with Gasteiger partial charge in [0.25, 0.3) is 0 Å². The lowest BCUT2D eigenvalue weighted by Gasteiger charge is -2.31. The molecule has 1 saturated heterocycles. The van der Waals surface area contributed by atoms with Gasteiger partial charge in [-0.3, -0.25) is 0 Å². The van der Waals surface area contributed by atoms with Gasteiger partial charge in [0.15, 0.2) is 9.84 Å². The van der Waals surface area contributed by atoms with Crippen molar-refractivity contribution in [2.24, 2.45) is 0 Å². The van der Waals surface area contributed by atoms with E-state index in [4.69, 9.17) is 9.15 Å². The van der Waals surface area contributed by atoms with E-state index in [-0.39, 0.29) is 42.3 Å². The van der Waals surface area contributed by atoms with Gasteiger partial charge in [-0.15, -0.1) is 0 Å². The number of furan rings is 1. The lowest BCUT2D eigenvalue weighted by atomic mass is 10.2. The standard InChI is InChI=1S/C17H21NO6S2/c1-23-16-6-2-3-7-17(16)26(21,22)18-10-8-15(9-11-18)25(19,20)13-14-5-4-12-24-14/h2-7,12,15H,8-11,13H2,1H3. The predicted molar refractivity (Wildman–Crippen MR) is 96.1 cm³/mol. The smallest absolute Gasteiger partial charge is 0.246 e. The topological polar surface area (TPSA) is 93.9 Å². The quantitative estimate of drug-likeness (QED) is 0.738. The average molecular weight is 399 g/mol. The molecule has 0 unspecified atom stereocenters. The first-order chi connectivity index (χ1) is 12.3. The van der Waals surface area contributed by atoms with Gasteiger partial charge in [-0.25, -0.2) is 16.8 Å². The molecule has 0 N–H and O–H groups in total. The first-order valence-electron chi connectivity index (χ1n) is 8.22. The summed E-state index contributed by atoms with van der Waals surface area (Å²) in [4.78, 5) is 0.0967. The molecule has 1 aromatic carbocycles. The Bertz CT molecular complexity index is 943. The molecular formula is C17H21NO6S2. The highest BCUT2D eigenvalue weighted by Crippen LogP contribution is 2.30. The normalized spacial score (nSPS) is 17.3. The Balaban J connectivity index is 1.72. The number of piperidine rings is 1. The number of rotatable bonds is 6. The molecule has 3 rings (SSSR count). The number of hydrogen-bond acceptors (Lipinski definition) is 6.